The molecule has 0 aliphatic heterocycles. The Morgan fingerprint density at radius 1 is 0.367 bits per heavy atom. The lowest BCUT2D eigenvalue weighted by molar-refractivity contribution is 1.03. The van der Waals surface area contributed by atoms with Crippen LogP contribution >= 0.6 is 0 Å². The van der Waals surface area contributed by atoms with Crippen LogP contribution in [0.25, 0.3) is 43.1 Å². The molecule has 6 aromatic carbocycles. The SMILES string of the molecule is c1ccc2cc3c4c(ccc3cc2c1)Cc1c(ccc2cc3ccccc3cc12)C4. The van der Waals surface area contributed by atoms with Crippen LogP contribution in [0.5, 0.6) is 0 Å². The van der Waals surface area contributed by atoms with Gasteiger partial charge >= 0.3 is 0 Å². The molecule has 1 aliphatic rings. The second-order valence-corrected chi connectivity index (χ2v) is 8.60. The summed E-state index contributed by atoms with van der Waals surface area (Å²) in [4.78, 5) is 0. The van der Waals surface area contributed by atoms with Gasteiger partial charge in [-0.3, -0.25) is 0 Å². The molecule has 0 N–H and O–H groups in total. The molecule has 0 amide bonds. The Hall–Kier alpha value is -3.64. The van der Waals surface area contributed by atoms with Crippen molar-refractivity contribution in [3.05, 3.63) is 119 Å². The van der Waals surface area contributed by atoms with Gasteiger partial charge in [0.25, 0.3) is 0 Å². The van der Waals surface area contributed by atoms with E-state index in [2.05, 4.69) is 97.1 Å². The Morgan fingerprint density at radius 3 is 1.20 bits per heavy atom. The fourth-order valence-corrected chi connectivity index (χ4v) is 5.37. The molecule has 0 aromatic heterocycles. The van der Waals surface area contributed by atoms with E-state index in [1.165, 1.54) is 65.3 Å². The average Bonchev–Trinajstić information content (AvgIpc) is 2.80. The summed E-state index contributed by atoms with van der Waals surface area (Å²) in [5.41, 5.74) is 5.97. The van der Waals surface area contributed by atoms with Gasteiger partial charge < -0.3 is 0 Å². The summed E-state index contributed by atoms with van der Waals surface area (Å²) < 4.78 is 0. The Labute approximate surface area is 175 Å². The first kappa shape index (κ1) is 16.2. The van der Waals surface area contributed by atoms with Crippen molar-refractivity contribution in [2.45, 2.75) is 12.8 Å². The Balaban J connectivity index is 1.46. The molecule has 0 heterocycles. The third kappa shape index (κ3) is 2.28. The third-order valence-electron chi connectivity index (χ3n) is 6.92. The molecular formula is C30H20. The standard InChI is InChI=1S/C30H20/c1-3-7-21-15-27-23(13-19(21)5-1)9-11-25-18-30-26(17-29(25)27)12-10-24-14-20-6-2-4-8-22(20)16-28(24)30/h1-16H,17-18H2. The summed E-state index contributed by atoms with van der Waals surface area (Å²) in [5.74, 6) is 0. The van der Waals surface area contributed by atoms with Gasteiger partial charge in [-0.15, -0.1) is 0 Å². The molecule has 0 nitrogen and oxygen atoms in total. The molecule has 0 radical (unpaired) electrons. The molecule has 6 aromatic rings. The van der Waals surface area contributed by atoms with E-state index < -0.39 is 0 Å². The fourth-order valence-electron chi connectivity index (χ4n) is 5.37. The van der Waals surface area contributed by atoms with E-state index in [9.17, 15) is 0 Å². The van der Waals surface area contributed by atoms with Crippen molar-refractivity contribution in [3.63, 3.8) is 0 Å². The smallest absolute Gasteiger partial charge is 0.00137 e. The van der Waals surface area contributed by atoms with Crippen LogP contribution in [0.1, 0.15) is 22.3 Å². The quantitative estimate of drug-likeness (QED) is 0.235. The van der Waals surface area contributed by atoms with Crippen molar-refractivity contribution >= 4 is 43.1 Å². The predicted octanol–water partition coefficient (Wildman–Crippen LogP) is 7.79. The van der Waals surface area contributed by atoms with Gasteiger partial charge in [-0.05, 0) is 102 Å². The fraction of sp³-hybridized carbons (Fsp3) is 0.0667. The first-order valence-electron chi connectivity index (χ1n) is 10.7. The molecule has 0 fully saturated rings. The lowest BCUT2D eigenvalue weighted by atomic mass is 9.81. The van der Waals surface area contributed by atoms with Gasteiger partial charge in [-0.1, -0.05) is 72.8 Å². The summed E-state index contributed by atoms with van der Waals surface area (Å²) in [6.45, 7) is 0. The summed E-state index contributed by atoms with van der Waals surface area (Å²) >= 11 is 0. The molecule has 0 bridgehead atoms. The van der Waals surface area contributed by atoms with Crippen LogP contribution in [-0.4, -0.2) is 0 Å². The van der Waals surface area contributed by atoms with Crippen LogP contribution in [0.4, 0.5) is 0 Å². The van der Waals surface area contributed by atoms with Gasteiger partial charge in [-0.2, -0.15) is 0 Å². The van der Waals surface area contributed by atoms with Crippen LogP contribution in [0.15, 0.2) is 97.1 Å². The van der Waals surface area contributed by atoms with Crippen LogP contribution in [0, 0.1) is 0 Å². The Bertz CT molecular complexity index is 1510. The monoisotopic (exact) mass is 380 g/mol. The molecule has 0 saturated carbocycles. The van der Waals surface area contributed by atoms with Crippen molar-refractivity contribution in [2.24, 2.45) is 0 Å². The van der Waals surface area contributed by atoms with E-state index in [1.807, 2.05) is 0 Å². The van der Waals surface area contributed by atoms with E-state index >= 15 is 0 Å². The maximum atomic E-state index is 2.39. The molecule has 0 unspecified atom stereocenters. The lowest BCUT2D eigenvalue weighted by Crippen LogP contribution is -2.08. The normalized spacial score (nSPS) is 13.1. The van der Waals surface area contributed by atoms with Crippen molar-refractivity contribution in [3.8, 4) is 0 Å². The highest BCUT2D eigenvalue weighted by Gasteiger charge is 2.20. The summed E-state index contributed by atoms with van der Waals surface area (Å²) in [6.07, 6.45) is 2.03. The molecule has 0 saturated heterocycles. The first-order valence-corrected chi connectivity index (χ1v) is 10.7. The summed E-state index contributed by atoms with van der Waals surface area (Å²) in [7, 11) is 0. The molecule has 7 rings (SSSR count). The largest absolute Gasteiger partial charge is 0.0616 e. The molecule has 0 spiro atoms. The summed E-state index contributed by atoms with van der Waals surface area (Å²) in [5, 5.41) is 10.8. The zero-order valence-electron chi connectivity index (χ0n) is 16.7. The van der Waals surface area contributed by atoms with Crippen molar-refractivity contribution < 1.29 is 0 Å². The van der Waals surface area contributed by atoms with Crippen molar-refractivity contribution in [1.29, 1.82) is 0 Å². The first-order chi connectivity index (χ1) is 14.8. The number of benzene rings is 6. The van der Waals surface area contributed by atoms with E-state index in [-0.39, 0.29) is 0 Å². The zero-order chi connectivity index (χ0) is 19.7. The molecule has 0 heteroatoms. The highest BCUT2D eigenvalue weighted by Crippen LogP contribution is 2.38. The second-order valence-electron chi connectivity index (χ2n) is 8.60. The van der Waals surface area contributed by atoms with Crippen LogP contribution in [0.2, 0.25) is 0 Å². The second kappa shape index (κ2) is 5.93. The van der Waals surface area contributed by atoms with Gasteiger partial charge in [0.15, 0.2) is 0 Å². The average molecular weight is 380 g/mol. The highest BCUT2D eigenvalue weighted by molar-refractivity contribution is 6.02. The third-order valence-corrected chi connectivity index (χ3v) is 6.92. The molecule has 140 valence electrons. The van der Waals surface area contributed by atoms with E-state index in [0.29, 0.717) is 0 Å². The number of hydrogen-bond acceptors (Lipinski definition) is 0. The predicted molar refractivity (Wildman–Crippen MR) is 129 cm³/mol. The van der Waals surface area contributed by atoms with Crippen LogP contribution < -0.4 is 0 Å². The van der Waals surface area contributed by atoms with Gasteiger partial charge in [0.05, 0.1) is 0 Å². The number of hydrogen-bond donors (Lipinski definition) is 0. The van der Waals surface area contributed by atoms with Gasteiger partial charge in [0.2, 0.25) is 0 Å². The van der Waals surface area contributed by atoms with Crippen molar-refractivity contribution in [1.82, 2.24) is 0 Å². The zero-order valence-corrected chi connectivity index (χ0v) is 16.7. The van der Waals surface area contributed by atoms with Crippen molar-refractivity contribution in [2.75, 3.05) is 0 Å². The maximum Gasteiger partial charge on any atom is -0.00137 e. The minimum absolute atomic E-state index is 1.02. The molecule has 30 heavy (non-hydrogen) atoms. The van der Waals surface area contributed by atoms with Gasteiger partial charge in [-0.25, -0.2) is 0 Å². The molecule has 0 atom stereocenters. The minimum atomic E-state index is 1.02. The maximum absolute atomic E-state index is 2.39. The summed E-state index contributed by atoms with van der Waals surface area (Å²) in [6, 6.07) is 36.2. The van der Waals surface area contributed by atoms with Gasteiger partial charge in [0.1, 0.15) is 0 Å². The van der Waals surface area contributed by atoms with Gasteiger partial charge in [0, 0.05) is 0 Å². The van der Waals surface area contributed by atoms with Crippen LogP contribution in [-0.2, 0) is 12.8 Å². The lowest BCUT2D eigenvalue weighted by Gasteiger charge is -2.23. The number of rotatable bonds is 0. The topological polar surface area (TPSA) is 0 Å². The molecular weight excluding hydrogens is 360 g/mol. The van der Waals surface area contributed by atoms with E-state index in [0.717, 1.165) is 12.8 Å². The molecule has 1 aliphatic carbocycles. The van der Waals surface area contributed by atoms with E-state index in [1.54, 1.807) is 0 Å². The minimum Gasteiger partial charge on any atom is -0.0616 e. The Kier molecular flexibility index (Phi) is 3.20. The van der Waals surface area contributed by atoms with E-state index in [4.69, 9.17) is 0 Å². The highest BCUT2D eigenvalue weighted by atomic mass is 14.2. The van der Waals surface area contributed by atoms with Crippen LogP contribution in [0.3, 0.4) is 0 Å². The number of fused-ring (bicyclic) bond motifs is 8. The Morgan fingerprint density at radius 2 is 0.767 bits per heavy atom.